The minimum Gasteiger partial charge on any atom is -0.435 e. The highest BCUT2D eigenvalue weighted by atomic mass is 19.3. The summed E-state index contributed by atoms with van der Waals surface area (Å²) in [5.74, 6) is -2.30. The van der Waals surface area contributed by atoms with E-state index in [2.05, 4.69) is 25.0 Å². The van der Waals surface area contributed by atoms with E-state index in [1.54, 1.807) is 19.3 Å². The molecule has 5 aromatic rings. The summed E-state index contributed by atoms with van der Waals surface area (Å²) in [5, 5.41) is 4.10. The van der Waals surface area contributed by atoms with Gasteiger partial charge < -0.3 is 18.7 Å². The van der Waals surface area contributed by atoms with Crippen molar-refractivity contribution in [2.24, 2.45) is 7.05 Å². The number of nitrogens with one attached hydrogen (secondary N) is 1. The highest BCUT2D eigenvalue weighted by molar-refractivity contribution is 5.93. The Balaban J connectivity index is 1.46. The smallest absolute Gasteiger partial charge is 0.292 e. The zero-order valence-corrected chi connectivity index (χ0v) is 18.1. The van der Waals surface area contributed by atoms with Gasteiger partial charge in [0.05, 0.1) is 12.0 Å². The number of nitrogens with zero attached hydrogens (tertiary/aromatic N) is 6. The molecule has 1 amide bonds. The van der Waals surface area contributed by atoms with Crippen molar-refractivity contribution in [2.45, 2.75) is 18.9 Å². The van der Waals surface area contributed by atoms with Crippen molar-refractivity contribution in [1.29, 1.82) is 0 Å². The Kier molecular flexibility index (Phi) is 4.72. The van der Waals surface area contributed by atoms with Gasteiger partial charge in [-0.1, -0.05) is 6.07 Å². The number of aromatic nitrogens is 6. The summed E-state index contributed by atoms with van der Waals surface area (Å²) in [6.07, 6.45) is 0.345. The molecule has 13 heteroatoms. The number of imidazole rings is 1. The number of hydrogen-bond donors (Lipinski definition) is 1. The number of aryl methyl sites for hydroxylation is 1. The van der Waals surface area contributed by atoms with E-state index < -0.39 is 35.6 Å². The molecule has 178 valence electrons. The molecular weight excluding hydrogens is 467 g/mol. The number of hydrogen-bond acceptors (Lipinski definition) is 7. The Morgan fingerprint density at radius 2 is 2.09 bits per heavy atom. The molecular formula is C22H16F3N7O3. The van der Waals surface area contributed by atoms with Crippen molar-refractivity contribution in [2.75, 3.05) is 6.54 Å². The standard InChI is InChI=1S/C22H16F3N7O3/c1-31-7-5-13(30-31)20-29-15(19(24)25)18(35-20)22(33)32-8-6-11-14(27-9-26-11)16(32)21-28-12-4-2-3-10(23)17(12)34-21/h2-5,7,9,16,19H,6,8H2,1H3,(H,26,27)/t16-/m0/s1. The minimum atomic E-state index is -3.07. The fourth-order valence-corrected chi connectivity index (χ4v) is 4.20. The van der Waals surface area contributed by atoms with E-state index >= 15 is 0 Å². The first-order valence-corrected chi connectivity index (χ1v) is 10.6. The number of oxazole rings is 2. The molecule has 0 spiro atoms. The van der Waals surface area contributed by atoms with Gasteiger partial charge in [-0.05, 0) is 18.2 Å². The van der Waals surface area contributed by atoms with E-state index in [-0.39, 0.29) is 35.1 Å². The van der Waals surface area contributed by atoms with E-state index in [1.807, 2.05) is 0 Å². The molecule has 1 atom stereocenters. The molecule has 1 N–H and O–H groups in total. The van der Waals surface area contributed by atoms with Gasteiger partial charge in [0.1, 0.15) is 11.2 Å². The first-order valence-electron chi connectivity index (χ1n) is 10.6. The summed E-state index contributed by atoms with van der Waals surface area (Å²) >= 11 is 0. The molecule has 1 aromatic carbocycles. The maximum atomic E-state index is 14.3. The van der Waals surface area contributed by atoms with Crippen LogP contribution < -0.4 is 0 Å². The lowest BCUT2D eigenvalue weighted by molar-refractivity contribution is 0.0621. The van der Waals surface area contributed by atoms with Gasteiger partial charge in [-0.2, -0.15) is 5.10 Å². The summed E-state index contributed by atoms with van der Waals surface area (Å²) in [6.45, 7) is 0.113. The maximum absolute atomic E-state index is 14.3. The molecule has 1 aliphatic rings. The van der Waals surface area contributed by atoms with Crippen molar-refractivity contribution in [3.8, 4) is 11.6 Å². The molecule has 0 unspecified atom stereocenters. The number of carbonyl (C=O) groups excluding carboxylic acids is 1. The highest BCUT2D eigenvalue weighted by Crippen LogP contribution is 2.37. The van der Waals surface area contributed by atoms with E-state index in [0.29, 0.717) is 12.1 Å². The lowest BCUT2D eigenvalue weighted by atomic mass is 10.0. The topological polar surface area (TPSA) is 119 Å². The normalized spacial score (nSPS) is 15.8. The SMILES string of the molecule is Cn1ccc(-c2nc(C(F)F)c(C(=O)N3CCc4[nH]cnc4[C@H]3c3nc4cccc(F)c4o3)o2)n1. The van der Waals surface area contributed by atoms with Crippen LogP contribution in [0.15, 0.2) is 45.6 Å². The largest absolute Gasteiger partial charge is 0.435 e. The Hall–Kier alpha value is -4.42. The van der Waals surface area contributed by atoms with Crippen molar-refractivity contribution >= 4 is 17.0 Å². The molecule has 1 aliphatic heterocycles. The maximum Gasteiger partial charge on any atom is 0.292 e. The van der Waals surface area contributed by atoms with Crippen LogP contribution in [0.3, 0.4) is 0 Å². The first-order chi connectivity index (χ1) is 16.9. The van der Waals surface area contributed by atoms with Crippen LogP contribution in [0.2, 0.25) is 0 Å². The van der Waals surface area contributed by atoms with E-state index in [1.165, 1.54) is 34.1 Å². The van der Waals surface area contributed by atoms with Gasteiger partial charge in [0.15, 0.2) is 23.1 Å². The molecule has 0 saturated heterocycles. The number of carbonyl (C=O) groups is 1. The van der Waals surface area contributed by atoms with E-state index in [4.69, 9.17) is 8.83 Å². The summed E-state index contributed by atoms with van der Waals surface area (Å²) in [4.78, 5) is 30.4. The number of fused-ring (bicyclic) bond motifs is 2. The van der Waals surface area contributed by atoms with E-state index in [0.717, 1.165) is 5.69 Å². The average Bonchev–Trinajstić information content (AvgIpc) is 3.62. The molecule has 10 nitrogen and oxygen atoms in total. The highest BCUT2D eigenvalue weighted by Gasteiger charge is 2.41. The quantitative estimate of drug-likeness (QED) is 0.413. The summed E-state index contributed by atoms with van der Waals surface area (Å²) in [5.41, 5.74) is 0.712. The Bertz CT molecular complexity index is 1570. The molecule has 0 radical (unpaired) electrons. The lowest BCUT2D eigenvalue weighted by Crippen LogP contribution is -2.41. The number of aromatic amines is 1. The third kappa shape index (κ3) is 3.38. The molecule has 6 rings (SSSR count). The van der Waals surface area contributed by atoms with Crippen molar-refractivity contribution in [1.82, 2.24) is 34.6 Å². The second-order valence-corrected chi connectivity index (χ2v) is 7.97. The fourth-order valence-electron chi connectivity index (χ4n) is 4.20. The van der Waals surface area contributed by atoms with Crippen LogP contribution >= 0.6 is 0 Å². The van der Waals surface area contributed by atoms with Crippen LogP contribution in [0.25, 0.3) is 22.7 Å². The Morgan fingerprint density at radius 1 is 1.23 bits per heavy atom. The molecule has 4 aromatic heterocycles. The van der Waals surface area contributed by atoms with Crippen molar-refractivity contribution < 1.29 is 26.8 Å². The van der Waals surface area contributed by atoms with Gasteiger partial charge in [0, 0.05) is 31.9 Å². The van der Waals surface area contributed by atoms with Crippen LogP contribution in [-0.4, -0.2) is 47.1 Å². The predicted molar refractivity (Wildman–Crippen MR) is 113 cm³/mol. The van der Waals surface area contributed by atoms with Gasteiger partial charge in [0.2, 0.25) is 17.5 Å². The monoisotopic (exact) mass is 483 g/mol. The van der Waals surface area contributed by atoms with Crippen LogP contribution in [0, 0.1) is 5.82 Å². The Labute approximate surface area is 194 Å². The third-order valence-electron chi connectivity index (χ3n) is 5.79. The predicted octanol–water partition coefficient (Wildman–Crippen LogP) is 3.80. The zero-order valence-electron chi connectivity index (χ0n) is 18.1. The van der Waals surface area contributed by atoms with Gasteiger partial charge in [0.25, 0.3) is 12.3 Å². The first kappa shape index (κ1) is 21.1. The number of halogens is 3. The van der Waals surface area contributed by atoms with Crippen molar-refractivity contribution in [3.05, 3.63) is 71.3 Å². The molecule has 0 saturated carbocycles. The second kappa shape index (κ2) is 7.82. The zero-order chi connectivity index (χ0) is 24.3. The minimum absolute atomic E-state index is 0.00504. The van der Waals surface area contributed by atoms with Crippen molar-refractivity contribution in [3.63, 3.8) is 0 Å². The molecule has 35 heavy (non-hydrogen) atoms. The van der Waals surface area contributed by atoms with Crippen LogP contribution in [-0.2, 0) is 13.5 Å². The Morgan fingerprint density at radius 3 is 2.83 bits per heavy atom. The van der Waals surface area contributed by atoms with Crippen LogP contribution in [0.1, 0.15) is 46.0 Å². The number of benzene rings is 1. The summed E-state index contributed by atoms with van der Waals surface area (Å²) in [6, 6.07) is 4.80. The summed E-state index contributed by atoms with van der Waals surface area (Å²) in [7, 11) is 1.65. The summed E-state index contributed by atoms with van der Waals surface area (Å²) < 4.78 is 54.7. The number of rotatable bonds is 4. The number of alkyl halides is 2. The van der Waals surface area contributed by atoms with E-state index in [9.17, 15) is 18.0 Å². The number of H-pyrrole nitrogens is 1. The lowest BCUT2D eigenvalue weighted by Gasteiger charge is -2.32. The van der Waals surface area contributed by atoms with Crippen LogP contribution in [0.5, 0.6) is 0 Å². The average molecular weight is 483 g/mol. The third-order valence-corrected chi connectivity index (χ3v) is 5.79. The van der Waals surface area contributed by atoms with Gasteiger partial charge in [-0.3, -0.25) is 9.48 Å². The molecule has 0 aliphatic carbocycles. The molecule has 0 fully saturated rings. The second-order valence-electron chi connectivity index (χ2n) is 7.97. The van der Waals surface area contributed by atoms with Crippen LogP contribution in [0.4, 0.5) is 13.2 Å². The van der Waals surface area contributed by atoms with Gasteiger partial charge >= 0.3 is 0 Å². The van der Waals surface area contributed by atoms with Gasteiger partial charge in [-0.15, -0.1) is 0 Å². The van der Waals surface area contributed by atoms with Gasteiger partial charge in [-0.25, -0.2) is 28.1 Å². The number of amides is 1. The molecule has 5 heterocycles. The number of para-hydroxylation sites is 1. The fraction of sp³-hybridized carbons (Fsp3) is 0.227. The molecule has 0 bridgehead atoms.